The van der Waals surface area contributed by atoms with Crippen LogP contribution in [0.25, 0.3) is 0 Å². The summed E-state index contributed by atoms with van der Waals surface area (Å²) in [5, 5.41) is 2.98. The van der Waals surface area contributed by atoms with E-state index in [9.17, 15) is 4.79 Å². The molecule has 2 saturated heterocycles. The molecule has 0 spiro atoms. The molecule has 0 aliphatic carbocycles. The predicted octanol–water partition coefficient (Wildman–Crippen LogP) is 3.87. The van der Waals surface area contributed by atoms with E-state index in [0.717, 1.165) is 38.5 Å². The van der Waals surface area contributed by atoms with E-state index in [1.54, 1.807) is 0 Å². The maximum absolute atomic E-state index is 12.1. The second kappa shape index (κ2) is 11.7. The lowest BCUT2D eigenvalue weighted by molar-refractivity contribution is -0.123. The van der Waals surface area contributed by atoms with Gasteiger partial charge < -0.3 is 15.0 Å². The predicted molar refractivity (Wildman–Crippen MR) is 132 cm³/mol. The van der Waals surface area contributed by atoms with Gasteiger partial charge in [-0.3, -0.25) is 9.69 Å². The molecule has 166 valence electrons. The number of hydrogen-bond acceptors (Lipinski definition) is 6. The van der Waals surface area contributed by atoms with Crippen LogP contribution in [0.4, 0.5) is 5.69 Å². The first-order valence-corrected chi connectivity index (χ1v) is 13.1. The standard InChI is InChI=1S/C24H31N3O2S2/c28-23(19-29-22-9-7-20(8-10-22)24-30-17-4-18-31-24)25-11-12-26-13-15-27(16-14-26)21-5-2-1-3-6-21/h1-3,5-10,24H,4,11-19H2,(H,25,28). The Bertz CT molecular complexity index is 805. The Morgan fingerprint density at radius 1 is 0.968 bits per heavy atom. The van der Waals surface area contributed by atoms with Crippen LogP contribution in [-0.4, -0.2) is 68.2 Å². The van der Waals surface area contributed by atoms with Crippen LogP contribution in [-0.2, 0) is 4.79 Å². The number of nitrogens with zero attached hydrogens (tertiary/aromatic N) is 2. The van der Waals surface area contributed by atoms with Crippen molar-refractivity contribution < 1.29 is 9.53 Å². The number of piperazine rings is 1. The van der Waals surface area contributed by atoms with Crippen LogP contribution >= 0.6 is 23.5 Å². The minimum Gasteiger partial charge on any atom is -0.484 e. The van der Waals surface area contributed by atoms with E-state index in [0.29, 0.717) is 11.1 Å². The van der Waals surface area contributed by atoms with Gasteiger partial charge in [-0.05, 0) is 47.8 Å². The summed E-state index contributed by atoms with van der Waals surface area (Å²) >= 11 is 4.02. The highest BCUT2D eigenvalue weighted by atomic mass is 32.2. The number of carbonyl (C=O) groups is 1. The number of rotatable bonds is 8. The topological polar surface area (TPSA) is 44.8 Å². The summed E-state index contributed by atoms with van der Waals surface area (Å²) in [6.45, 7) is 5.68. The Morgan fingerprint density at radius 3 is 2.39 bits per heavy atom. The van der Waals surface area contributed by atoms with Crippen LogP contribution in [0.2, 0.25) is 0 Å². The highest BCUT2D eigenvalue weighted by Gasteiger charge is 2.18. The Morgan fingerprint density at radius 2 is 1.68 bits per heavy atom. The second-order valence-electron chi connectivity index (χ2n) is 7.80. The average molecular weight is 458 g/mol. The number of benzene rings is 2. The van der Waals surface area contributed by atoms with E-state index in [2.05, 4.69) is 57.6 Å². The fourth-order valence-corrected chi connectivity index (χ4v) is 6.72. The highest BCUT2D eigenvalue weighted by molar-refractivity contribution is 8.16. The van der Waals surface area contributed by atoms with Crippen molar-refractivity contribution in [2.45, 2.75) is 11.0 Å². The fraction of sp³-hybridized carbons (Fsp3) is 0.458. The molecule has 2 aromatic rings. The van der Waals surface area contributed by atoms with E-state index in [4.69, 9.17) is 4.74 Å². The lowest BCUT2D eigenvalue weighted by Gasteiger charge is -2.36. The molecule has 5 nitrogen and oxygen atoms in total. The molecule has 0 radical (unpaired) electrons. The normalized spacial score (nSPS) is 18.0. The van der Waals surface area contributed by atoms with Gasteiger partial charge in [0, 0.05) is 45.0 Å². The van der Waals surface area contributed by atoms with Gasteiger partial charge in [0.15, 0.2) is 6.61 Å². The molecule has 0 unspecified atom stereocenters. The largest absolute Gasteiger partial charge is 0.484 e. The average Bonchev–Trinajstić information content (AvgIpc) is 2.85. The van der Waals surface area contributed by atoms with Crippen molar-refractivity contribution in [3.63, 3.8) is 0 Å². The molecule has 2 aliphatic heterocycles. The third-order valence-electron chi connectivity index (χ3n) is 5.59. The maximum Gasteiger partial charge on any atom is 0.257 e. The van der Waals surface area contributed by atoms with Crippen molar-refractivity contribution in [3.05, 3.63) is 60.2 Å². The number of ether oxygens (including phenoxy) is 1. The molecule has 2 aromatic carbocycles. The number of hydrogen-bond donors (Lipinski definition) is 1. The van der Waals surface area contributed by atoms with Crippen LogP contribution in [0.15, 0.2) is 54.6 Å². The van der Waals surface area contributed by atoms with Gasteiger partial charge in [-0.25, -0.2) is 0 Å². The van der Waals surface area contributed by atoms with Gasteiger partial charge in [-0.1, -0.05) is 30.3 Å². The monoisotopic (exact) mass is 457 g/mol. The van der Waals surface area contributed by atoms with Gasteiger partial charge in [0.05, 0.1) is 4.58 Å². The quantitative estimate of drug-likeness (QED) is 0.649. The summed E-state index contributed by atoms with van der Waals surface area (Å²) in [5.41, 5.74) is 2.62. The first kappa shape index (κ1) is 22.4. The number of thioether (sulfide) groups is 2. The molecule has 1 amide bonds. The summed E-state index contributed by atoms with van der Waals surface area (Å²) < 4.78 is 6.20. The zero-order valence-corrected chi connectivity index (χ0v) is 19.5. The van der Waals surface area contributed by atoms with Gasteiger partial charge in [0.2, 0.25) is 0 Å². The minimum atomic E-state index is -0.0645. The van der Waals surface area contributed by atoms with Crippen LogP contribution in [0.1, 0.15) is 16.6 Å². The number of nitrogens with one attached hydrogen (secondary N) is 1. The fourth-order valence-electron chi connectivity index (χ4n) is 3.82. The summed E-state index contributed by atoms with van der Waals surface area (Å²) in [5.74, 6) is 3.16. The number of amides is 1. The zero-order valence-electron chi connectivity index (χ0n) is 17.9. The molecule has 4 rings (SSSR count). The minimum absolute atomic E-state index is 0.0636. The van der Waals surface area contributed by atoms with Gasteiger partial charge >= 0.3 is 0 Å². The SMILES string of the molecule is O=C(COc1ccc(C2SCCCS2)cc1)NCCN1CCN(c2ccccc2)CC1. The third kappa shape index (κ3) is 6.82. The smallest absolute Gasteiger partial charge is 0.257 e. The summed E-state index contributed by atoms with van der Waals surface area (Å²) in [4.78, 5) is 17.0. The highest BCUT2D eigenvalue weighted by Crippen LogP contribution is 2.43. The Labute approximate surface area is 193 Å². The third-order valence-corrected chi connectivity index (χ3v) is 8.61. The van der Waals surface area contributed by atoms with Crippen LogP contribution in [0.3, 0.4) is 0 Å². The van der Waals surface area contributed by atoms with Crippen molar-refractivity contribution in [1.29, 1.82) is 0 Å². The van der Waals surface area contributed by atoms with E-state index in [1.165, 1.54) is 29.2 Å². The van der Waals surface area contributed by atoms with E-state index >= 15 is 0 Å². The molecule has 0 bridgehead atoms. The van der Waals surface area contributed by atoms with Crippen molar-refractivity contribution in [1.82, 2.24) is 10.2 Å². The van der Waals surface area contributed by atoms with Gasteiger partial charge in [0.25, 0.3) is 5.91 Å². The summed E-state index contributed by atoms with van der Waals surface area (Å²) in [7, 11) is 0. The van der Waals surface area contributed by atoms with Crippen molar-refractivity contribution in [2.75, 3.05) is 62.3 Å². The number of carbonyl (C=O) groups excluding carboxylic acids is 1. The van der Waals surface area contributed by atoms with E-state index in [1.807, 2.05) is 35.7 Å². The van der Waals surface area contributed by atoms with Crippen molar-refractivity contribution >= 4 is 35.1 Å². The van der Waals surface area contributed by atoms with Gasteiger partial charge in [0.1, 0.15) is 5.75 Å². The molecule has 2 aliphatic rings. The molecule has 7 heteroatoms. The Hall–Kier alpha value is -1.83. The summed E-state index contributed by atoms with van der Waals surface area (Å²) in [6, 6.07) is 18.8. The zero-order chi connectivity index (χ0) is 21.3. The molecule has 2 fully saturated rings. The molecule has 2 heterocycles. The molecule has 0 atom stereocenters. The molecule has 31 heavy (non-hydrogen) atoms. The van der Waals surface area contributed by atoms with Gasteiger partial charge in [-0.2, -0.15) is 0 Å². The van der Waals surface area contributed by atoms with Crippen LogP contribution in [0, 0.1) is 0 Å². The van der Waals surface area contributed by atoms with Crippen molar-refractivity contribution in [3.8, 4) is 5.75 Å². The molecule has 1 N–H and O–H groups in total. The first-order valence-electron chi connectivity index (χ1n) is 11.0. The molecular weight excluding hydrogens is 426 g/mol. The van der Waals surface area contributed by atoms with Crippen LogP contribution < -0.4 is 15.0 Å². The Kier molecular flexibility index (Phi) is 8.44. The number of para-hydroxylation sites is 1. The van der Waals surface area contributed by atoms with E-state index in [-0.39, 0.29) is 12.5 Å². The second-order valence-corrected chi connectivity index (χ2v) is 10.5. The first-order chi connectivity index (χ1) is 15.3. The van der Waals surface area contributed by atoms with Gasteiger partial charge in [-0.15, -0.1) is 23.5 Å². The molecule has 0 aromatic heterocycles. The van der Waals surface area contributed by atoms with Crippen LogP contribution in [0.5, 0.6) is 5.75 Å². The van der Waals surface area contributed by atoms with E-state index < -0.39 is 0 Å². The lowest BCUT2D eigenvalue weighted by Crippen LogP contribution is -2.48. The Balaban J connectivity index is 1.10. The lowest BCUT2D eigenvalue weighted by atomic mass is 10.2. The number of anilines is 1. The maximum atomic E-state index is 12.1. The summed E-state index contributed by atoms with van der Waals surface area (Å²) in [6.07, 6.45) is 1.30. The van der Waals surface area contributed by atoms with Crippen molar-refractivity contribution in [2.24, 2.45) is 0 Å². The molecular formula is C24H31N3O2S2. The molecule has 0 saturated carbocycles.